The number of carbonyl (C=O) groups excluding carboxylic acids is 1. The standard InChI is InChI=1S/C19H22FN5O2/c1-13(2)9-17(26)21-7-8-25-18-16(10-23-25)19(27)24(12-22-18)11-14-3-5-15(20)6-4-14/h3-6,10,12-13H,7-9,11H2,1-2H3,(H,21,26). The van der Waals surface area contributed by atoms with Gasteiger partial charge in [-0.3, -0.25) is 14.2 Å². The van der Waals surface area contributed by atoms with Crippen LogP contribution in [0.1, 0.15) is 25.8 Å². The zero-order chi connectivity index (χ0) is 19.4. The largest absolute Gasteiger partial charge is 0.354 e. The molecule has 0 unspecified atom stereocenters. The van der Waals surface area contributed by atoms with Crippen LogP contribution in [0.25, 0.3) is 11.0 Å². The monoisotopic (exact) mass is 371 g/mol. The Morgan fingerprint density at radius 1 is 1.26 bits per heavy atom. The Morgan fingerprint density at radius 2 is 2.00 bits per heavy atom. The highest BCUT2D eigenvalue weighted by molar-refractivity contribution is 5.76. The van der Waals surface area contributed by atoms with Crippen molar-refractivity contribution in [3.05, 3.63) is 58.5 Å². The second-order valence-corrected chi connectivity index (χ2v) is 6.86. The molecule has 7 nitrogen and oxygen atoms in total. The van der Waals surface area contributed by atoms with Gasteiger partial charge in [0.25, 0.3) is 5.56 Å². The molecule has 1 amide bonds. The first-order valence-corrected chi connectivity index (χ1v) is 8.86. The minimum Gasteiger partial charge on any atom is -0.354 e. The highest BCUT2D eigenvalue weighted by Crippen LogP contribution is 2.08. The summed E-state index contributed by atoms with van der Waals surface area (Å²) in [6, 6.07) is 5.99. The van der Waals surface area contributed by atoms with Crippen LogP contribution in [-0.2, 0) is 17.9 Å². The fourth-order valence-corrected chi connectivity index (χ4v) is 2.80. The number of amides is 1. The van der Waals surface area contributed by atoms with Crippen LogP contribution in [0, 0.1) is 11.7 Å². The third kappa shape index (κ3) is 4.58. The molecular weight excluding hydrogens is 349 g/mol. The second-order valence-electron chi connectivity index (χ2n) is 6.86. The van der Waals surface area contributed by atoms with Gasteiger partial charge in [-0.25, -0.2) is 14.1 Å². The van der Waals surface area contributed by atoms with E-state index in [9.17, 15) is 14.0 Å². The van der Waals surface area contributed by atoms with Gasteiger partial charge in [0.1, 0.15) is 17.5 Å². The van der Waals surface area contributed by atoms with Crippen LogP contribution in [-0.4, -0.2) is 31.8 Å². The summed E-state index contributed by atoms with van der Waals surface area (Å²) in [6.07, 6.45) is 3.43. The summed E-state index contributed by atoms with van der Waals surface area (Å²) in [6.45, 7) is 5.13. The first-order chi connectivity index (χ1) is 12.9. The quantitative estimate of drug-likeness (QED) is 0.688. The molecule has 1 N–H and O–H groups in total. The Morgan fingerprint density at radius 3 is 2.70 bits per heavy atom. The lowest BCUT2D eigenvalue weighted by atomic mass is 10.1. The van der Waals surface area contributed by atoms with E-state index in [1.165, 1.54) is 29.2 Å². The van der Waals surface area contributed by atoms with Crippen LogP contribution >= 0.6 is 0 Å². The predicted molar refractivity (Wildman–Crippen MR) is 99.8 cm³/mol. The minimum atomic E-state index is -0.318. The van der Waals surface area contributed by atoms with Crippen molar-refractivity contribution in [3.63, 3.8) is 0 Å². The van der Waals surface area contributed by atoms with Gasteiger partial charge in [0.2, 0.25) is 5.91 Å². The molecular formula is C19H22FN5O2. The number of hydrogen-bond donors (Lipinski definition) is 1. The van der Waals surface area contributed by atoms with E-state index in [-0.39, 0.29) is 17.3 Å². The van der Waals surface area contributed by atoms with Gasteiger partial charge in [0, 0.05) is 13.0 Å². The van der Waals surface area contributed by atoms with Crippen LogP contribution in [0.15, 0.2) is 41.6 Å². The third-order valence-electron chi connectivity index (χ3n) is 4.13. The lowest BCUT2D eigenvalue weighted by molar-refractivity contribution is -0.121. The molecule has 0 aliphatic heterocycles. The minimum absolute atomic E-state index is 0.00363. The van der Waals surface area contributed by atoms with Gasteiger partial charge in [-0.2, -0.15) is 5.10 Å². The van der Waals surface area contributed by atoms with Crippen molar-refractivity contribution in [3.8, 4) is 0 Å². The molecule has 0 saturated carbocycles. The number of aromatic nitrogens is 4. The zero-order valence-electron chi connectivity index (χ0n) is 15.4. The molecule has 2 aromatic heterocycles. The van der Waals surface area contributed by atoms with Crippen LogP contribution in [0.5, 0.6) is 0 Å². The molecule has 3 aromatic rings. The molecule has 0 saturated heterocycles. The van der Waals surface area contributed by atoms with E-state index in [4.69, 9.17) is 0 Å². The van der Waals surface area contributed by atoms with Crippen molar-refractivity contribution in [2.45, 2.75) is 33.4 Å². The number of nitrogens with zero attached hydrogens (tertiary/aromatic N) is 4. The number of nitrogens with one attached hydrogen (secondary N) is 1. The Labute approximate surface area is 155 Å². The number of carbonyl (C=O) groups is 1. The van der Waals surface area contributed by atoms with Gasteiger partial charge >= 0.3 is 0 Å². The van der Waals surface area contributed by atoms with E-state index in [2.05, 4.69) is 15.4 Å². The average Bonchev–Trinajstić information content (AvgIpc) is 3.02. The number of fused-ring (bicyclic) bond motifs is 1. The number of hydrogen-bond acceptors (Lipinski definition) is 4. The molecule has 8 heteroatoms. The maximum Gasteiger partial charge on any atom is 0.264 e. The Hall–Kier alpha value is -3.03. The number of benzene rings is 1. The molecule has 0 aliphatic rings. The van der Waals surface area contributed by atoms with Crippen molar-refractivity contribution in [1.29, 1.82) is 0 Å². The second kappa shape index (κ2) is 8.11. The van der Waals surface area contributed by atoms with Crippen molar-refractivity contribution < 1.29 is 9.18 Å². The highest BCUT2D eigenvalue weighted by atomic mass is 19.1. The summed E-state index contributed by atoms with van der Waals surface area (Å²) in [5, 5.41) is 7.46. The maximum atomic E-state index is 13.0. The van der Waals surface area contributed by atoms with Crippen molar-refractivity contribution in [2.24, 2.45) is 5.92 Å². The van der Waals surface area contributed by atoms with Crippen LogP contribution in [0.4, 0.5) is 4.39 Å². The summed E-state index contributed by atoms with van der Waals surface area (Å²) < 4.78 is 16.1. The van der Waals surface area contributed by atoms with Crippen LogP contribution < -0.4 is 10.9 Å². The molecule has 0 atom stereocenters. The van der Waals surface area contributed by atoms with Gasteiger partial charge in [0.05, 0.1) is 19.3 Å². The van der Waals surface area contributed by atoms with Gasteiger partial charge in [-0.1, -0.05) is 26.0 Å². The molecule has 27 heavy (non-hydrogen) atoms. The summed E-state index contributed by atoms with van der Waals surface area (Å²) in [5.41, 5.74) is 1.08. The van der Waals surface area contributed by atoms with Gasteiger partial charge in [0.15, 0.2) is 5.65 Å². The van der Waals surface area contributed by atoms with E-state index in [0.29, 0.717) is 43.0 Å². The molecule has 0 radical (unpaired) electrons. The van der Waals surface area contributed by atoms with Crippen molar-refractivity contribution in [2.75, 3.05) is 6.54 Å². The summed E-state index contributed by atoms with van der Waals surface area (Å²) in [7, 11) is 0. The lowest BCUT2D eigenvalue weighted by Crippen LogP contribution is -2.28. The Kier molecular flexibility index (Phi) is 5.63. The fraction of sp³-hybridized carbons (Fsp3) is 0.368. The molecule has 0 aliphatic carbocycles. The number of rotatable bonds is 7. The molecule has 142 valence electrons. The van der Waals surface area contributed by atoms with Gasteiger partial charge < -0.3 is 5.32 Å². The van der Waals surface area contributed by atoms with E-state index >= 15 is 0 Å². The first kappa shape index (κ1) is 18.8. The summed E-state index contributed by atoms with van der Waals surface area (Å²) in [5.74, 6) is -0.0192. The van der Waals surface area contributed by atoms with Crippen LogP contribution in [0.3, 0.4) is 0 Å². The van der Waals surface area contributed by atoms with E-state index < -0.39 is 0 Å². The zero-order valence-corrected chi connectivity index (χ0v) is 15.4. The maximum absolute atomic E-state index is 13.0. The van der Waals surface area contributed by atoms with Crippen molar-refractivity contribution in [1.82, 2.24) is 24.6 Å². The number of halogens is 1. The topological polar surface area (TPSA) is 81.8 Å². The highest BCUT2D eigenvalue weighted by Gasteiger charge is 2.11. The molecule has 1 aromatic carbocycles. The summed E-state index contributed by atoms with van der Waals surface area (Å²) in [4.78, 5) is 28.7. The Bertz CT molecular complexity index is 991. The van der Waals surface area contributed by atoms with Crippen molar-refractivity contribution >= 4 is 16.9 Å². The van der Waals surface area contributed by atoms with Gasteiger partial charge in [-0.05, 0) is 23.6 Å². The average molecular weight is 371 g/mol. The van der Waals surface area contributed by atoms with E-state index in [1.54, 1.807) is 16.8 Å². The van der Waals surface area contributed by atoms with Crippen LogP contribution in [0.2, 0.25) is 0 Å². The van der Waals surface area contributed by atoms with Gasteiger partial charge in [-0.15, -0.1) is 0 Å². The molecule has 3 rings (SSSR count). The smallest absolute Gasteiger partial charge is 0.264 e. The molecule has 2 heterocycles. The predicted octanol–water partition coefficient (Wildman–Crippen LogP) is 1.94. The fourth-order valence-electron chi connectivity index (χ4n) is 2.80. The third-order valence-corrected chi connectivity index (χ3v) is 4.13. The van der Waals surface area contributed by atoms with E-state index in [0.717, 1.165) is 5.56 Å². The Balaban J connectivity index is 1.71. The first-order valence-electron chi connectivity index (χ1n) is 8.86. The molecule has 0 bridgehead atoms. The summed E-state index contributed by atoms with van der Waals surface area (Å²) >= 11 is 0. The molecule has 0 fully saturated rings. The van der Waals surface area contributed by atoms with E-state index in [1.807, 2.05) is 13.8 Å². The molecule has 0 spiro atoms. The SMILES string of the molecule is CC(C)CC(=O)NCCn1ncc2c(=O)n(Cc3ccc(F)cc3)cnc21. The lowest BCUT2D eigenvalue weighted by Gasteiger charge is -2.08. The normalized spacial score (nSPS) is 11.3.